The summed E-state index contributed by atoms with van der Waals surface area (Å²) >= 11 is 0. The number of methoxy groups -OCH3 is 2. The summed E-state index contributed by atoms with van der Waals surface area (Å²) in [6, 6.07) is 12.7. The number of fused-ring (bicyclic) bond motifs is 1. The van der Waals surface area contributed by atoms with Gasteiger partial charge in [0.25, 0.3) is 0 Å². The fraction of sp³-hybridized carbons (Fsp3) is 0.412. The van der Waals surface area contributed by atoms with E-state index in [2.05, 4.69) is 37.3 Å². The molecule has 2 aromatic carbocycles. The van der Waals surface area contributed by atoms with Gasteiger partial charge in [-0.15, -0.1) is 0 Å². The molecular formula is C17H22O2. The van der Waals surface area contributed by atoms with Crippen molar-refractivity contribution in [3.05, 3.63) is 42.0 Å². The molecule has 2 aromatic rings. The number of unbranched alkanes of at least 4 members (excludes halogenated alkanes) is 1. The topological polar surface area (TPSA) is 18.5 Å². The Bertz CT molecular complexity index is 534. The fourth-order valence-electron chi connectivity index (χ4n) is 2.38. The van der Waals surface area contributed by atoms with Gasteiger partial charge in [0.05, 0.1) is 13.2 Å². The number of hydrogen-bond acceptors (Lipinski definition) is 2. The SMILES string of the molecule is CCCCC(OC)c1ccc2cc(OC)ccc2c1. The Morgan fingerprint density at radius 2 is 1.74 bits per heavy atom. The first kappa shape index (κ1) is 13.9. The predicted octanol–water partition coefficient (Wildman–Crippen LogP) is 4.73. The molecule has 0 bridgehead atoms. The molecule has 0 fully saturated rings. The first-order valence-electron chi connectivity index (χ1n) is 6.89. The standard InChI is InChI=1S/C17H22O2/c1-4-5-6-17(19-3)15-8-7-14-12-16(18-2)10-9-13(14)11-15/h7-12,17H,4-6H2,1-3H3. The largest absolute Gasteiger partial charge is 0.497 e. The van der Waals surface area contributed by atoms with Gasteiger partial charge in [-0.2, -0.15) is 0 Å². The van der Waals surface area contributed by atoms with Gasteiger partial charge in [0.15, 0.2) is 0 Å². The van der Waals surface area contributed by atoms with Crippen LogP contribution in [0.2, 0.25) is 0 Å². The molecule has 2 heteroatoms. The molecule has 0 aliphatic rings. The number of rotatable bonds is 6. The van der Waals surface area contributed by atoms with E-state index >= 15 is 0 Å². The molecule has 0 aliphatic heterocycles. The predicted molar refractivity (Wildman–Crippen MR) is 79.8 cm³/mol. The first-order valence-corrected chi connectivity index (χ1v) is 6.89. The number of ether oxygens (including phenoxy) is 2. The lowest BCUT2D eigenvalue weighted by Gasteiger charge is -2.16. The maximum absolute atomic E-state index is 5.61. The van der Waals surface area contributed by atoms with Gasteiger partial charge in [0.1, 0.15) is 5.75 Å². The molecule has 0 aliphatic carbocycles. The van der Waals surface area contributed by atoms with Gasteiger partial charge in [-0.05, 0) is 41.0 Å². The smallest absolute Gasteiger partial charge is 0.119 e. The van der Waals surface area contributed by atoms with Gasteiger partial charge in [0.2, 0.25) is 0 Å². The highest BCUT2D eigenvalue weighted by atomic mass is 16.5. The zero-order valence-electron chi connectivity index (χ0n) is 12.0. The van der Waals surface area contributed by atoms with Gasteiger partial charge >= 0.3 is 0 Å². The van der Waals surface area contributed by atoms with Crippen molar-refractivity contribution in [2.24, 2.45) is 0 Å². The van der Waals surface area contributed by atoms with Crippen molar-refractivity contribution in [3.8, 4) is 5.75 Å². The summed E-state index contributed by atoms with van der Waals surface area (Å²) in [5, 5.41) is 2.44. The Labute approximate surface area is 115 Å². The van der Waals surface area contributed by atoms with E-state index in [9.17, 15) is 0 Å². The molecule has 0 aromatic heterocycles. The molecule has 1 atom stereocenters. The maximum Gasteiger partial charge on any atom is 0.119 e. The first-order chi connectivity index (χ1) is 9.28. The van der Waals surface area contributed by atoms with Gasteiger partial charge in [0, 0.05) is 7.11 Å². The van der Waals surface area contributed by atoms with Crippen molar-refractivity contribution in [2.45, 2.75) is 32.3 Å². The van der Waals surface area contributed by atoms with Crippen LogP contribution in [-0.4, -0.2) is 14.2 Å². The van der Waals surface area contributed by atoms with Crippen LogP contribution in [0.25, 0.3) is 10.8 Å². The minimum atomic E-state index is 0.200. The maximum atomic E-state index is 5.61. The number of hydrogen-bond donors (Lipinski definition) is 0. The van der Waals surface area contributed by atoms with Crippen LogP contribution in [0.15, 0.2) is 36.4 Å². The van der Waals surface area contributed by atoms with Crippen molar-refractivity contribution in [1.82, 2.24) is 0 Å². The van der Waals surface area contributed by atoms with Crippen LogP contribution in [-0.2, 0) is 4.74 Å². The van der Waals surface area contributed by atoms with E-state index < -0.39 is 0 Å². The summed E-state index contributed by atoms with van der Waals surface area (Å²) in [7, 11) is 3.49. The highest BCUT2D eigenvalue weighted by molar-refractivity contribution is 5.84. The summed E-state index contributed by atoms with van der Waals surface area (Å²) in [5.74, 6) is 0.898. The Morgan fingerprint density at radius 1 is 1.00 bits per heavy atom. The van der Waals surface area contributed by atoms with E-state index in [-0.39, 0.29) is 6.10 Å². The lowest BCUT2D eigenvalue weighted by Crippen LogP contribution is -2.01. The van der Waals surface area contributed by atoms with Crippen LogP contribution >= 0.6 is 0 Å². The molecule has 1 unspecified atom stereocenters. The van der Waals surface area contributed by atoms with Crippen LogP contribution in [0.3, 0.4) is 0 Å². The normalized spacial score (nSPS) is 12.6. The minimum Gasteiger partial charge on any atom is -0.497 e. The van der Waals surface area contributed by atoms with E-state index in [4.69, 9.17) is 9.47 Å². The highest BCUT2D eigenvalue weighted by Crippen LogP contribution is 2.28. The van der Waals surface area contributed by atoms with Gasteiger partial charge < -0.3 is 9.47 Å². The van der Waals surface area contributed by atoms with Crippen molar-refractivity contribution >= 4 is 10.8 Å². The van der Waals surface area contributed by atoms with Crippen molar-refractivity contribution < 1.29 is 9.47 Å². The summed E-state index contributed by atoms with van der Waals surface area (Å²) in [6.45, 7) is 2.21. The van der Waals surface area contributed by atoms with E-state index in [0.717, 1.165) is 12.2 Å². The zero-order valence-corrected chi connectivity index (χ0v) is 12.0. The Hall–Kier alpha value is -1.54. The molecule has 19 heavy (non-hydrogen) atoms. The van der Waals surface area contributed by atoms with Crippen LogP contribution in [0.5, 0.6) is 5.75 Å². The summed E-state index contributed by atoms with van der Waals surface area (Å²) in [4.78, 5) is 0. The summed E-state index contributed by atoms with van der Waals surface area (Å²) in [6.07, 6.45) is 3.67. The molecule has 2 nitrogen and oxygen atoms in total. The third-order valence-electron chi connectivity index (χ3n) is 3.55. The Kier molecular flexibility index (Phi) is 4.80. The monoisotopic (exact) mass is 258 g/mol. The summed E-state index contributed by atoms with van der Waals surface area (Å²) < 4.78 is 10.9. The van der Waals surface area contributed by atoms with E-state index in [0.29, 0.717) is 0 Å². The Morgan fingerprint density at radius 3 is 2.42 bits per heavy atom. The lowest BCUT2D eigenvalue weighted by atomic mass is 10.00. The molecular weight excluding hydrogens is 236 g/mol. The molecule has 0 saturated carbocycles. The van der Waals surface area contributed by atoms with Crippen LogP contribution in [0.1, 0.15) is 37.9 Å². The molecule has 102 valence electrons. The highest BCUT2D eigenvalue weighted by Gasteiger charge is 2.10. The molecule has 0 saturated heterocycles. The van der Waals surface area contributed by atoms with Gasteiger partial charge in [-0.3, -0.25) is 0 Å². The lowest BCUT2D eigenvalue weighted by molar-refractivity contribution is 0.0937. The molecule has 0 spiro atoms. The average molecular weight is 258 g/mol. The second-order valence-electron chi connectivity index (χ2n) is 4.84. The van der Waals surface area contributed by atoms with Gasteiger partial charge in [-0.25, -0.2) is 0 Å². The van der Waals surface area contributed by atoms with Crippen LogP contribution in [0.4, 0.5) is 0 Å². The van der Waals surface area contributed by atoms with Crippen LogP contribution < -0.4 is 4.74 Å². The van der Waals surface area contributed by atoms with E-state index in [1.165, 1.54) is 29.2 Å². The van der Waals surface area contributed by atoms with E-state index in [1.54, 1.807) is 14.2 Å². The third kappa shape index (κ3) is 3.27. The second-order valence-corrected chi connectivity index (χ2v) is 4.84. The van der Waals surface area contributed by atoms with Crippen molar-refractivity contribution in [2.75, 3.05) is 14.2 Å². The van der Waals surface area contributed by atoms with E-state index in [1.807, 2.05) is 6.07 Å². The minimum absolute atomic E-state index is 0.200. The van der Waals surface area contributed by atoms with Crippen molar-refractivity contribution in [3.63, 3.8) is 0 Å². The molecule has 0 N–H and O–H groups in total. The third-order valence-corrected chi connectivity index (χ3v) is 3.55. The quantitative estimate of drug-likeness (QED) is 0.746. The average Bonchev–Trinajstić information content (AvgIpc) is 2.47. The van der Waals surface area contributed by atoms with Gasteiger partial charge in [-0.1, -0.05) is 38.0 Å². The second kappa shape index (κ2) is 6.58. The fourth-order valence-corrected chi connectivity index (χ4v) is 2.38. The molecule has 2 rings (SSSR count). The molecule has 0 heterocycles. The number of benzene rings is 2. The molecule has 0 radical (unpaired) electrons. The zero-order chi connectivity index (χ0) is 13.7. The molecule has 0 amide bonds. The Balaban J connectivity index is 2.29. The van der Waals surface area contributed by atoms with Crippen molar-refractivity contribution in [1.29, 1.82) is 0 Å². The summed E-state index contributed by atoms with van der Waals surface area (Å²) in [5.41, 5.74) is 1.26. The van der Waals surface area contributed by atoms with Crippen LogP contribution in [0, 0.1) is 0 Å².